The van der Waals surface area contributed by atoms with Gasteiger partial charge < -0.3 is 14.5 Å². The molecule has 0 saturated carbocycles. The normalized spacial score (nSPS) is 11.2. The highest BCUT2D eigenvalue weighted by Crippen LogP contribution is 2.29. The topological polar surface area (TPSA) is 90.1 Å². The van der Waals surface area contributed by atoms with Gasteiger partial charge in [-0.3, -0.25) is 4.79 Å². The molecule has 0 radical (unpaired) electrons. The highest BCUT2D eigenvalue weighted by Gasteiger charge is 2.13. The number of ether oxygens (including phenoxy) is 1. The number of carbonyl (C=O) groups excluding carboxylic acids is 1. The molecule has 0 aliphatic carbocycles. The summed E-state index contributed by atoms with van der Waals surface area (Å²) in [5.41, 5.74) is 0.829. The Labute approximate surface area is 153 Å². The van der Waals surface area contributed by atoms with E-state index in [4.69, 9.17) is 9.15 Å². The van der Waals surface area contributed by atoms with Crippen LogP contribution < -0.4 is 10.1 Å². The number of rotatable bonds is 7. The first-order valence-electron chi connectivity index (χ1n) is 7.84. The number of thioether (sulfide) groups is 1. The number of thiazole rings is 1. The second-order valence-electron chi connectivity index (χ2n) is 5.48. The number of fused-ring (bicyclic) bond motifs is 1. The predicted octanol–water partition coefficient (Wildman–Crippen LogP) is 3.93. The second kappa shape index (κ2) is 7.83. The van der Waals surface area contributed by atoms with Crippen LogP contribution in [-0.2, 0) is 4.79 Å². The fourth-order valence-corrected chi connectivity index (χ4v) is 3.49. The van der Waals surface area contributed by atoms with E-state index in [0.29, 0.717) is 22.9 Å². The fourth-order valence-electron chi connectivity index (χ4n) is 2.01. The Morgan fingerprint density at radius 3 is 2.96 bits per heavy atom. The average molecular weight is 378 g/mol. The Morgan fingerprint density at radius 1 is 1.40 bits per heavy atom. The van der Waals surface area contributed by atoms with E-state index in [1.54, 1.807) is 0 Å². The van der Waals surface area contributed by atoms with Crippen LogP contribution in [0, 0.1) is 0 Å². The Kier molecular flexibility index (Phi) is 5.54. The molecule has 0 aliphatic heterocycles. The van der Waals surface area contributed by atoms with Gasteiger partial charge in [0.2, 0.25) is 11.8 Å². The first-order valence-corrected chi connectivity index (χ1v) is 9.64. The third-order valence-electron chi connectivity index (χ3n) is 3.16. The van der Waals surface area contributed by atoms with Crippen LogP contribution in [0.2, 0.25) is 0 Å². The Hall–Kier alpha value is -2.13. The molecule has 9 heteroatoms. The molecule has 0 unspecified atom stereocenters. The van der Waals surface area contributed by atoms with Crippen LogP contribution in [0.15, 0.2) is 27.8 Å². The second-order valence-corrected chi connectivity index (χ2v) is 7.44. The fraction of sp³-hybridized carbons (Fsp3) is 0.375. The zero-order valence-corrected chi connectivity index (χ0v) is 15.7. The van der Waals surface area contributed by atoms with Crippen molar-refractivity contribution in [2.75, 3.05) is 17.7 Å². The van der Waals surface area contributed by atoms with Gasteiger partial charge in [-0.25, -0.2) is 4.98 Å². The molecule has 1 N–H and O–H groups in total. The van der Waals surface area contributed by atoms with Crippen molar-refractivity contribution < 1.29 is 13.9 Å². The third kappa shape index (κ3) is 4.49. The van der Waals surface area contributed by atoms with Crippen molar-refractivity contribution >= 4 is 44.4 Å². The standard InChI is InChI=1S/C16H18N4O3S2/c1-4-22-10-5-6-11-12(7-10)25-15(17-11)18-13(21)8-24-16-20-19-14(23-16)9(2)3/h5-7,9H,4,8H2,1-3H3,(H,17,18,21). The number of hydrogen-bond acceptors (Lipinski definition) is 8. The maximum atomic E-state index is 12.1. The Balaban J connectivity index is 1.59. The van der Waals surface area contributed by atoms with Crippen LogP contribution in [0.3, 0.4) is 0 Å². The Bertz CT molecular complexity index is 875. The summed E-state index contributed by atoms with van der Waals surface area (Å²) in [7, 11) is 0. The molecular weight excluding hydrogens is 360 g/mol. The minimum atomic E-state index is -0.168. The summed E-state index contributed by atoms with van der Waals surface area (Å²) in [4.78, 5) is 16.5. The van der Waals surface area contributed by atoms with Gasteiger partial charge in [0.25, 0.3) is 5.22 Å². The van der Waals surface area contributed by atoms with Gasteiger partial charge in [0, 0.05) is 5.92 Å². The molecular formula is C16H18N4O3S2. The van der Waals surface area contributed by atoms with Crippen LogP contribution in [0.4, 0.5) is 5.13 Å². The van der Waals surface area contributed by atoms with Crippen molar-refractivity contribution in [3.05, 3.63) is 24.1 Å². The number of carbonyl (C=O) groups is 1. The summed E-state index contributed by atoms with van der Waals surface area (Å²) in [5, 5.41) is 11.6. The van der Waals surface area contributed by atoms with Gasteiger partial charge in [0.1, 0.15) is 5.75 Å². The van der Waals surface area contributed by atoms with Crippen molar-refractivity contribution in [2.45, 2.75) is 31.9 Å². The van der Waals surface area contributed by atoms with E-state index in [1.165, 1.54) is 23.1 Å². The van der Waals surface area contributed by atoms with Crippen LogP contribution in [0.1, 0.15) is 32.6 Å². The molecule has 0 saturated heterocycles. The van der Waals surface area contributed by atoms with Gasteiger partial charge in [-0.05, 0) is 25.1 Å². The minimum absolute atomic E-state index is 0.167. The van der Waals surface area contributed by atoms with Gasteiger partial charge in [0.15, 0.2) is 5.13 Å². The predicted molar refractivity (Wildman–Crippen MR) is 98.5 cm³/mol. The van der Waals surface area contributed by atoms with Gasteiger partial charge in [-0.2, -0.15) is 0 Å². The van der Waals surface area contributed by atoms with Gasteiger partial charge >= 0.3 is 0 Å². The zero-order valence-electron chi connectivity index (χ0n) is 14.1. The summed E-state index contributed by atoms with van der Waals surface area (Å²) in [6.07, 6.45) is 0. The van der Waals surface area contributed by atoms with Crippen molar-refractivity contribution in [1.29, 1.82) is 0 Å². The monoisotopic (exact) mass is 378 g/mol. The third-order valence-corrected chi connectivity index (χ3v) is 4.91. The van der Waals surface area contributed by atoms with Gasteiger partial charge in [-0.1, -0.05) is 36.9 Å². The lowest BCUT2D eigenvalue weighted by molar-refractivity contribution is -0.113. The SMILES string of the molecule is CCOc1ccc2nc(NC(=O)CSc3nnc(C(C)C)o3)sc2c1. The van der Waals surface area contributed by atoms with E-state index in [1.807, 2.05) is 39.0 Å². The number of nitrogens with one attached hydrogen (secondary N) is 1. The summed E-state index contributed by atoms with van der Waals surface area (Å²) >= 11 is 2.62. The molecule has 1 amide bonds. The maximum Gasteiger partial charge on any atom is 0.277 e. The molecule has 3 rings (SSSR count). The van der Waals surface area contributed by atoms with Crippen molar-refractivity contribution in [1.82, 2.24) is 15.2 Å². The van der Waals surface area contributed by atoms with Crippen LogP contribution in [-0.4, -0.2) is 33.4 Å². The molecule has 0 aliphatic rings. The van der Waals surface area contributed by atoms with Gasteiger partial charge in [-0.15, -0.1) is 10.2 Å². The quantitative estimate of drug-likeness (QED) is 0.623. The molecule has 0 atom stereocenters. The lowest BCUT2D eigenvalue weighted by Gasteiger charge is -2.00. The summed E-state index contributed by atoms with van der Waals surface area (Å²) in [5.74, 6) is 1.54. The lowest BCUT2D eigenvalue weighted by atomic mass is 10.2. The molecule has 0 spiro atoms. The molecule has 3 aromatic rings. The number of benzene rings is 1. The van der Waals surface area contributed by atoms with Crippen molar-refractivity contribution in [3.8, 4) is 5.75 Å². The van der Waals surface area contributed by atoms with Crippen molar-refractivity contribution in [2.24, 2.45) is 0 Å². The first kappa shape index (κ1) is 17.7. The minimum Gasteiger partial charge on any atom is -0.494 e. The number of anilines is 1. The van der Waals surface area contributed by atoms with Crippen LogP contribution in [0.5, 0.6) is 5.75 Å². The van der Waals surface area contributed by atoms with E-state index in [-0.39, 0.29) is 17.6 Å². The van der Waals surface area contributed by atoms with E-state index < -0.39 is 0 Å². The average Bonchev–Trinajstić information content (AvgIpc) is 3.19. The zero-order chi connectivity index (χ0) is 17.8. The molecule has 25 heavy (non-hydrogen) atoms. The molecule has 0 fully saturated rings. The molecule has 1 aromatic carbocycles. The maximum absolute atomic E-state index is 12.1. The number of hydrogen-bond donors (Lipinski definition) is 1. The molecule has 7 nitrogen and oxygen atoms in total. The van der Waals surface area contributed by atoms with Crippen LogP contribution in [0.25, 0.3) is 10.2 Å². The number of nitrogens with zero attached hydrogens (tertiary/aromatic N) is 3. The van der Waals surface area contributed by atoms with E-state index in [0.717, 1.165) is 16.0 Å². The van der Waals surface area contributed by atoms with E-state index in [2.05, 4.69) is 20.5 Å². The van der Waals surface area contributed by atoms with Gasteiger partial charge in [0.05, 0.1) is 22.6 Å². The molecule has 132 valence electrons. The largest absolute Gasteiger partial charge is 0.494 e. The highest BCUT2D eigenvalue weighted by molar-refractivity contribution is 7.99. The number of amides is 1. The molecule has 2 aromatic heterocycles. The number of aromatic nitrogens is 3. The highest BCUT2D eigenvalue weighted by atomic mass is 32.2. The Morgan fingerprint density at radius 2 is 2.24 bits per heavy atom. The summed E-state index contributed by atoms with van der Waals surface area (Å²) in [6, 6.07) is 5.68. The smallest absolute Gasteiger partial charge is 0.277 e. The van der Waals surface area contributed by atoms with Crippen molar-refractivity contribution in [3.63, 3.8) is 0 Å². The lowest BCUT2D eigenvalue weighted by Crippen LogP contribution is -2.13. The summed E-state index contributed by atoms with van der Waals surface area (Å²) < 4.78 is 11.9. The van der Waals surface area contributed by atoms with E-state index >= 15 is 0 Å². The molecule has 2 heterocycles. The van der Waals surface area contributed by atoms with Crippen LogP contribution >= 0.6 is 23.1 Å². The molecule has 0 bridgehead atoms. The first-order chi connectivity index (χ1) is 12.0. The van der Waals surface area contributed by atoms with E-state index in [9.17, 15) is 4.79 Å². The summed E-state index contributed by atoms with van der Waals surface area (Å²) in [6.45, 7) is 6.49.